The molecule has 9 heteroatoms. The van der Waals surface area contributed by atoms with Gasteiger partial charge in [-0.3, -0.25) is 9.36 Å². The Morgan fingerprint density at radius 2 is 1.73 bits per heavy atom. The second-order valence-electron chi connectivity index (χ2n) is 6.75. The Bertz CT molecular complexity index is 1420. The van der Waals surface area contributed by atoms with Crippen LogP contribution in [0.25, 0.3) is 22.4 Å². The number of nitrogens with one attached hydrogen (secondary N) is 1. The topological polar surface area (TPSA) is 94.3 Å². The van der Waals surface area contributed by atoms with Gasteiger partial charge in [-0.1, -0.05) is 36.4 Å². The van der Waals surface area contributed by atoms with Crippen LogP contribution in [0, 0.1) is 13.8 Å². The van der Waals surface area contributed by atoms with Gasteiger partial charge in [-0.2, -0.15) is 5.10 Å². The molecule has 30 heavy (non-hydrogen) atoms. The van der Waals surface area contributed by atoms with E-state index in [0.717, 1.165) is 22.8 Å². The zero-order valence-electron chi connectivity index (χ0n) is 16.3. The fourth-order valence-corrected chi connectivity index (χ4v) is 4.14. The predicted octanol–water partition coefficient (Wildman–Crippen LogP) is 3.46. The summed E-state index contributed by atoms with van der Waals surface area (Å²) in [4.78, 5) is 20.1. The van der Waals surface area contributed by atoms with Crippen molar-refractivity contribution in [2.45, 2.75) is 24.2 Å². The van der Waals surface area contributed by atoms with E-state index in [0.29, 0.717) is 21.3 Å². The molecule has 0 saturated heterocycles. The maximum Gasteiger partial charge on any atom is 0.262 e. The highest BCUT2D eigenvalue weighted by atomic mass is 32.2. The molecule has 0 saturated carbocycles. The number of aromatic amines is 1. The van der Waals surface area contributed by atoms with Crippen molar-refractivity contribution >= 4 is 22.8 Å². The summed E-state index contributed by atoms with van der Waals surface area (Å²) in [6, 6.07) is 17.6. The van der Waals surface area contributed by atoms with Gasteiger partial charge in [0.25, 0.3) is 5.56 Å². The second kappa shape index (κ2) is 7.27. The number of aromatic nitrogens is 7. The second-order valence-corrected chi connectivity index (χ2v) is 7.71. The Hall–Kier alpha value is -3.72. The smallest absolute Gasteiger partial charge is 0.262 e. The van der Waals surface area contributed by atoms with Crippen molar-refractivity contribution in [3.63, 3.8) is 0 Å². The van der Waals surface area contributed by atoms with Gasteiger partial charge in [0.2, 0.25) is 5.16 Å². The Balaban J connectivity index is 1.61. The van der Waals surface area contributed by atoms with Crippen molar-refractivity contribution in [2.24, 2.45) is 0 Å². The summed E-state index contributed by atoms with van der Waals surface area (Å²) in [6.45, 7) is 3.93. The summed E-state index contributed by atoms with van der Waals surface area (Å²) in [7, 11) is 0. The van der Waals surface area contributed by atoms with Gasteiger partial charge in [0.1, 0.15) is 11.2 Å². The van der Waals surface area contributed by atoms with E-state index >= 15 is 0 Å². The maximum absolute atomic E-state index is 12.6. The average Bonchev–Trinajstić information content (AvgIpc) is 3.33. The molecule has 0 atom stereocenters. The van der Waals surface area contributed by atoms with Crippen molar-refractivity contribution in [3.05, 3.63) is 82.5 Å². The number of rotatable bonds is 4. The van der Waals surface area contributed by atoms with Gasteiger partial charge in [-0.15, -0.1) is 10.2 Å². The standard InChI is InChI=1S/C21H17N7OS/c1-13-8-6-7-11-17(13)27-14(2)25-26-21(27)30-20-23-18-16(19(29)24-20)12-22-28(18)15-9-4-3-5-10-15/h3-12H,1-2H3,(H,23,24,29). The normalized spacial score (nSPS) is 11.3. The molecule has 0 radical (unpaired) electrons. The van der Waals surface area contributed by atoms with E-state index in [9.17, 15) is 4.79 Å². The molecule has 0 unspecified atom stereocenters. The van der Waals surface area contributed by atoms with Crippen molar-refractivity contribution < 1.29 is 0 Å². The zero-order chi connectivity index (χ0) is 20.7. The minimum atomic E-state index is -0.247. The molecule has 5 rings (SSSR count). The van der Waals surface area contributed by atoms with Gasteiger partial charge in [0.15, 0.2) is 10.8 Å². The third-order valence-electron chi connectivity index (χ3n) is 4.76. The molecule has 0 aliphatic rings. The molecule has 8 nitrogen and oxygen atoms in total. The van der Waals surface area contributed by atoms with E-state index < -0.39 is 0 Å². The highest BCUT2D eigenvalue weighted by Gasteiger charge is 2.17. The molecule has 0 spiro atoms. The molecule has 148 valence electrons. The van der Waals surface area contributed by atoms with Crippen molar-refractivity contribution in [3.8, 4) is 11.4 Å². The average molecular weight is 415 g/mol. The molecule has 0 aliphatic carbocycles. The van der Waals surface area contributed by atoms with Crippen LogP contribution in [-0.2, 0) is 0 Å². The van der Waals surface area contributed by atoms with Gasteiger partial charge in [-0.25, -0.2) is 9.67 Å². The number of hydrogen-bond donors (Lipinski definition) is 1. The third kappa shape index (κ3) is 3.09. The fourth-order valence-electron chi connectivity index (χ4n) is 3.29. The van der Waals surface area contributed by atoms with Crippen molar-refractivity contribution in [1.82, 2.24) is 34.5 Å². The van der Waals surface area contributed by atoms with E-state index in [-0.39, 0.29) is 5.56 Å². The third-order valence-corrected chi connectivity index (χ3v) is 5.59. The zero-order valence-corrected chi connectivity index (χ0v) is 17.1. The van der Waals surface area contributed by atoms with E-state index in [1.807, 2.05) is 73.0 Å². The summed E-state index contributed by atoms with van der Waals surface area (Å²) in [5, 5.41) is 14.3. The minimum Gasteiger partial charge on any atom is -0.300 e. The SMILES string of the molecule is Cc1ccccc1-n1c(C)nnc1Sc1nc2c(cnn2-c2ccccc2)c(=O)[nH]1. The van der Waals surface area contributed by atoms with Gasteiger partial charge in [-0.05, 0) is 49.4 Å². The first-order valence-corrected chi connectivity index (χ1v) is 10.1. The van der Waals surface area contributed by atoms with Crippen LogP contribution < -0.4 is 5.56 Å². The largest absolute Gasteiger partial charge is 0.300 e. The molecular weight excluding hydrogens is 398 g/mol. The summed E-state index contributed by atoms with van der Waals surface area (Å²) in [5.41, 5.74) is 3.16. The number of aryl methyl sites for hydroxylation is 2. The van der Waals surface area contributed by atoms with E-state index in [2.05, 4.69) is 25.3 Å². The first-order valence-electron chi connectivity index (χ1n) is 9.31. The number of hydrogen-bond acceptors (Lipinski definition) is 6. The molecule has 5 aromatic rings. The molecule has 1 N–H and O–H groups in total. The lowest BCUT2D eigenvalue weighted by molar-refractivity contribution is 0.845. The summed E-state index contributed by atoms with van der Waals surface area (Å²) in [6.07, 6.45) is 1.53. The van der Waals surface area contributed by atoms with Crippen LogP contribution in [0.1, 0.15) is 11.4 Å². The highest BCUT2D eigenvalue weighted by Crippen LogP contribution is 2.28. The predicted molar refractivity (Wildman–Crippen MR) is 114 cm³/mol. The number of fused-ring (bicyclic) bond motifs is 1. The first-order chi connectivity index (χ1) is 14.6. The van der Waals surface area contributed by atoms with Crippen LogP contribution >= 0.6 is 11.8 Å². The number of nitrogens with zero attached hydrogens (tertiary/aromatic N) is 6. The number of benzene rings is 2. The number of H-pyrrole nitrogens is 1. The van der Waals surface area contributed by atoms with E-state index in [1.54, 1.807) is 4.68 Å². The quantitative estimate of drug-likeness (QED) is 0.452. The lowest BCUT2D eigenvalue weighted by atomic mass is 10.2. The van der Waals surface area contributed by atoms with Crippen LogP contribution in [0.2, 0.25) is 0 Å². The maximum atomic E-state index is 12.6. The van der Waals surface area contributed by atoms with Crippen LogP contribution in [-0.4, -0.2) is 34.5 Å². The fraction of sp³-hybridized carbons (Fsp3) is 0.0952. The lowest BCUT2D eigenvalue weighted by Crippen LogP contribution is -2.10. The summed E-state index contributed by atoms with van der Waals surface area (Å²) in [5.74, 6) is 0.754. The lowest BCUT2D eigenvalue weighted by Gasteiger charge is -2.10. The first kappa shape index (κ1) is 18.3. The van der Waals surface area contributed by atoms with Crippen LogP contribution in [0.3, 0.4) is 0 Å². The van der Waals surface area contributed by atoms with E-state index in [4.69, 9.17) is 0 Å². The summed E-state index contributed by atoms with van der Waals surface area (Å²) < 4.78 is 3.62. The van der Waals surface area contributed by atoms with Crippen LogP contribution in [0.5, 0.6) is 0 Å². The number of para-hydroxylation sites is 2. The Morgan fingerprint density at radius 3 is 2.53 bits per heavy atom. The molecular formula is C21H17N7OS. The molecule has 2 aromatic carbocycles. The molecule has 0 bridgehead atoms. The van der Waals surface area contributed by atoms with Crippen molar-refractivity contribution in [2.75, 3.05) is 0 Å². The van der Waals surface area contributed by atoms with Gasteiger partial charge >= 0.3 is 0 Å². The molecule has 0 amide bonds. The van der Waals surface area contributed by atoms with Gasteiger partial charge in [0, 0.05) is 0 Å². The highest BCUT2D eigenvalue weighted by molar-refractivity contribution is 7.99. The molecule has 3 heterocycles. The monoisotopic (exact) mass is 415 g/mol. The van der Waals surface area contributed by atoms with Crippen LogP contribution in [0.15, 0.2) is 75.9 Å². The van der Waals surface area contributed by atoms with Gasteiger partial charge < -0.3 is 4.98 Å². The molecule has 0 fully saturated rings. The van der Waals surface area contributed by atoms with Crippen LogP contribution in [0.4, 0.5) is 0 Å². The Labute approximate surface area is 175 Å². The summed E-state index contributed by atoms with van der Waals surface area (Å²) >= 11 is 1.26. The Morgan fingerprint density at radius 1 is 0.967 bits per heavy atom. The Kier molecular flexibility index (Phi) is 4.44. The molecule has 0 aliphatic heterocycles. The van der Waals surface area contributed by atoms with E-state index in [1.165, 1.54) is 18.0 Å². The van der Waals surface area contributed by atoms with Gasteiger partial charge in [0.05, 0.1) is 17.6 Å². The molecule has 3 aromatic heterocycles. The van der Waals surface area contributed by atoms with Crippen molar-refractivity contribution in [1.29, 1.82) is 0 Å². The minimum absolute atomic E-state index is 0.247.